The van der Waals surface area contributed by atoms with Crippen LogP contribution in [-0.4, -0.2) is 38.7 Å². The number of esters is 1. The summed E-state index contributed by atoms with van der Waals surface area (Å²) >= 11 is 0. The molecule has 1 amide bonds. The number of hydrogen-bond donors (Lipinski definition) is 3. The Labute approximate surface area is 167 Å². The van der Waals surface area contributed by atoms with Crippen molar-refractivity contribution < 1.29 is 35.9 Å². The summed E-state index contributed by atoms with van der Waals surface area (Å²) in [5.74, 6) is -3.34. The van der Waals surface area contributed by atoms with Gasteiger partial charge >= 0.3 is 17.8 Å². The maximum atomic E-state index is 13.9. The molecule has 1 unspecified atom stereocenters. The molecule has 0 saturated carbocycles. The van der Waals surface area contributed by atoms with Crippen LogP contribution in [0.25, 0.3) is 0 Å². The second-order valence-corrected chi connectivity index (χ2v) is 8.34. The van der Waals surface area contributed by atoms with Crippen LogP contribution >= 0.6 is 0 Å². The van der Waals surface area contributed by atoms with Crippen LogP contribution in [-0.2, 0) is 24.3 Å². The molecule has 0 radical (unpaired) electrons. The zero-order valence-electron chi connectivity index (χ0n) is 16.4. The Morgan fingerprint density at radius 2 is 1.69 bits per heavy atom. The molecule has 1 aromatic carbocycles. The van der Waals surface area contributed by atoms with Crippen molar-refractivity contribution in [1.29, 1.82) is 0 Å². The largest absolute Gasteiger partial charge is 0.463 e. The van der Waals surface area contributed by atoms with E-state index in [1.54, 1.807) is 26.1 Å². The van der Waals surface area contributed by atoms with Crippen molar-refractivity contribution in [2.45, 2.75) is 50.9 Å². The summed E-state index contributed by atoms with van der Waals surface area (Å²) in [4.78, 5) is 25.4. The predicted octanol–water partition coefficient (Wildman–Crippen LogP) is 1.76. The highest BCUT2D eigenvalue weighted by atomic mass is 32.2. The van der Waals surface area contributed by atoms with Crippen molar-refractivity contribution in [3.63, 3.8) is 0 Å². The molecule has 8 nitrogen and oxygen atoms in total. The lowest BCUT2D eigenvalue weighted by Crippen LogP contribution is -2.75. The average Bonchev–Trinajstić information content (AvgIpc) is 2.57. The summed E-state index contributed by atoms with van der Waals surface area (Å²) in [6.45, 7) is 5.72. The van der Waals surface area contributed by atoms with E-state index < -0.39 is 40.3 Å². The first-order valence-corrected chi connectivity index (χ1v) is 10.1. The van der Waals surface area contributed by atoms with Crippen LogP contribution in [0.5, 0.6) is 0 Å². The molecule has 1 rings (SSSR count). The zero-order valence-corrected chi connectivity index (χ0v) is 17.2. The fraction of sp³-hybridized carbons (Fsp3) is 0.529. The predicted molar refractivity (Wildman–Crippen MR) is 97.7 cm³/mol. The van der Waals surface area contributed by atoms with Crippen molar-refractivity contribution in [1.82, 2.24) is 15.6 Å². The lowest BCUT2D eigenvalue weighted by atomic mass is 10.1. The van der Waals surface area contributed by atoms with Gasteiger partial charge in [-0.3, -0.25) is 4.79 Å². The normalized spacial score (nSPS) is 14.3. The third kappa shape index (κ3) is 6.41. The van der Waals surface area contributed by atoms with Gasteiger partial charge in [0, 0.05) is 6.42 Å². The highest BCUT2D eigenvalue weighted by Crippen LogP contribution is 2.30. The van der Waals surface area contributed by atoms with Gasteiger partial charge in [0.25, 0.3) is 10.0 Å². The van der Waals surface area contributed by atoms with Crippen molar-refractivity contribution >= 4 is 21.9 Å². The van der Waals surface area contributed by atoms with Gasteiger partial charge in [0.2, 0.25) is 5.91 Å². The number of alkyl halides is 3. The minimum Gasteiger partial charge on any atom is -0.463 e. The van der Waals surface area contributed by atoms with Gasteiger partial charge < -0.3 is 10.1 Å². The topological polar surface area (TPSA) is 114 Å². The lowest BCUT2D eigenvalue weighted by Gasteiger charge is -2.34. The molecule has 0 fully saturated rings. The van der Waals surface area contributed by atoms with E-state index in [1.165, 1.54) is 41.4 Å². The highest BCUT2D eigenvalue weighted by molar-refractivity contribution is 7.89. The van der Waals surface area contributed by atoms with Crippen LogP contribution in [0.4, 0.5) is 13.2 Å². The van der Waals surface area contributed by atoms with Gasteiger partial charge in [-0.25, -0.2) is 18.6 Å². The van der Waals surface area contributed by atoms with E-state index in [1.807, 2.05) is 0 Å². The summed E-state index contributed by atoms with van der Waals surface area (Å²) in [6.07, 6.45) is -5.76. The van der Waals surface area contributed by atoms with Crippen LogP contribution in [0, 0.1) is 12.8 Å². The monoisotopic (exact) mass is 439 g/mol. The van der Waals surface area contributed by atoms with Crippen LogP contribution < -0.4 is 15.6 Å². The minimum absolute atomic E-state index is 0.313. The molecule has 1 atom stereocenters. The van der Waals surface area contributed by atoms with Crippen LogP contribution in [0.15, 0.2) is 29.2 Å². The molecule has 0 bridgehead atoms. The Morgan fingerprint density at radius 3 is 2.14 bits per heavy atom. The molecular weight excluding hydrogens is 415 g/mol. The van der Waals surface area contributed by atoms with Crippen LogP contribution in [0.2, 0.25) is 0 Å². The quantitative estimate of drug-likeness (QED) is 0.307. The molecule has 12 heteroatoms. The number of nitrogens with one attached hydrogen (secondary N) is 3. The molecule has 0 aliphatic heterocycles. The van der Waals surface area contributed by atoms with Gasteiger partial charge in [-0.05, 0) is 31.9 Å². The molecule has 3 N–H and O–H groups in total. The first kappa shape index (κ1) is 24.9. The summed E-state index contributed by atoms with van der Waals surface area (Å²) < 4.78 is 70.8. The molecule has 0 aromatic heterocycles. The zero-order chi connectivity index (χ0) is 22.5. The van der Waals surface area contributed by atoms with Crippen molar-refractivity contribution in [2.75, 3.05) is 6.61 Å². The third-order valence-corrected chi connectivity index (χ3v) is 4.90. The SMILES string of the molecule is CCOC(=O)C(NNS(=O)(=O)c1ccc(C)cc1)(NC(=O)CC(C)C)C(F)(F)F. The van der Waals surface area contributed by atoms with E-state index >= 15 is 0 Å². The Balaban J connectivity index is 3.29. The number of benzene rings is 1. The Morgan fingerprint density at radius 1 is 1.14 bits per heavy atom. The summed E-state index contributed by atoms with van der Waals surface area (Å²) in [6, 6.07) is 5.25. The Bertz CT molecular complexity index is 826. The summed E-state index contributed by atoms with van der Waals surface area (Å²) in [7, 11) is -4.50. The molecule has 1 aromatic rings. The number of ether oxygens (including phenoxy) is 1. The van der Waals surface area contributed by atoms with Crippen LogP contribution in [0.1, 0.15) is 32.8 Å². The molecule has 0 saturated heterocycles. The molecule has 29 heavy (non-hydrogen) atoms. The number of aryl methyl sites for hydroxylation is 1. The van der Waals surface area contributed by atoms with E-state index in [4.69, 9.17) is 0 Å². The van der Waals surface area contributed by atoms with Gasteiger partial charge in [-0.1, -0.05) is 31.5 Å². The molecule has 0 aliphatic carbocycles. The minimum atomic E-state index is -5.43. The van der Waals surface area contributed by atoms with Crippen molar-refractivity contribution in [2.24, 2.45) is 5.92 Å². The Hall–Kier alpha value is -2.18. The summed E-state index contributed by atoms with van der Waals surface area (Å²) in [5, 5.41) is 1.54. The number of amides is 1. The standard InChI is InChI=1S/C17H24F3N3O5S/c1-5-28-15(25)16(17(18,19)20,21-14(24)10-11(2)3)22-23-29(26,27)13-8-6-12(4)7-9-13/h6-9,11,22-23H,5,10H2,1-4H3,(H,21,24). The first-order valence-electron chi connectivity index (χ1n) is 8.65. The average molecular weight is 439 g/mol. The van der Waals surface area contributed by atoms with E-state index in [0.29, 0.717) is 0 Å². The molecule has 0 heterocycles. The number of carbonyl (C=O) groups excluding carboxylic acids is 2. The maximum absolute atomic E-state index is 13.9. The number of hydrogen-bond acceptors (Lipinski definition) is 6. The second kappa shape index (κ2) is 9.55. The fourth-order valence-corrected chi connectivity index (χ4v) is 3.08. The van der Waals surface area contributed by atoms with Crippen molar-refractivity contribution in [3.05, 3.63) is 29.8 Å². The first-order chi connectivity index (χ1) is 13.2. The Kier molecular flexibility index (Phi) is 8.18. The van der Waals surface area contributed by atoms with E-state index in [-0.39, 0.29) is 17.2 Å². The van der Waals surface area contributed by atoms with Gasteiger partial charge in [-0.15, -0.1) is 4.83 Å². The highest BCUT2D eigenvalue weighted by Gasteiger charge is 2.63. The fourth-order valence-electron chi connectivity index (χ4n) is 2.18. The molecule has 164 valence electrons. The number of sulfonamides is 1. The van der Waals surface area contributed by atoms with Gasteiger partial charge in [0.1, 0.15) is 0 Å². The lowest BCUT2D eigenvalue weighted by molar-refractivity contribution is -0.223. The summed E-state index contributed by atoms with van der Waals surface area (Å²) in [5.41, 5.74) is -1.64. The van der Waals surface area contributed by atoms with E-state index in [9.17, 15) is 31.2 Å². The van der Waals surface area contributed by atoms with Gasteiger partial charge in [0.05, 0.1) is 11.5 Å². The second-order valence-electron chi connectivity index (χ2n) is 6.66. The maximum Gasteiger partial charge on any atom is 0.437 e. The number of hydrazine groups is 1. The van der Waals surface area contributed by atoms with Gasteiger partial charge in [0.15, 0.2) is 0 Å². The number of carbonyl (C=O) groups is 2. The molecular formula is C17H24F3N3O5S. The molecule has 0 aliphatic rings. The van der Waals surface area contributed by atoms with Gasteiger partial charge in [-0.2, -0.15) is 13.2 Å². The number of rotatable bonds is 9. The van der Waals surface area contributed by atoms with E-state index in [0.717, 1.165) is 5.56 Å². The molecule has 0 spiro atoms. The van der Waals surface area contributed by atoms with Crippen LogP contribution in [0.3, 0.4) is 0 Å². The van der Waals surface area contributed by atoms with Crippen molar-refractivity contribution in [3.8, 4) is 0 Å². The smallest absolute Gasteiger partial charge is 0.437 e. The van der Waals surface area contributed by atoms with E-state index in [2.05, 4.69) is 4.74 Å². The number of halogens is 3. The third-order valence-electron chi connectivity index (χ3n) is 3.63.